The summed E-state index contributed by atoms with van der Waals surface area (Å²) in [7, 11) is 0. The fourth-order valence-corrected chi connectivity index (χ4v) is 4.05. The SMILES string of the molecule is N#Cc1nc(NCC2CCCC2)c2c(n1)N(CCOCc1ccccc1)CCN2. The van der Waals surface area contributed by atoms with Gasteiger partial charge in [-0.05, 0) is 24.3 Å². The van der Waals surface area contributed by atoms with Gasteiger partial charge < -0.3 is 20.3 Å². The Bertz CT molecular complexity index is 844. The molecule has 1 aromatic heterocycles. The summed E-state index contributed by atoms with van der Waals surface area (Å²) < 4.78 is 5.85. The number of ether oxygens (including phenoxy) is 1. The van der Waals surface area contributed by atoms with Crippen LogP contribution in [0.3, 0.4) is 0 Å². The molecule has 0 spiro atoms. The van der Waals surface area contributed by atoms with Gasteiger partial charge in [0.2, 0.25) is 5.82 Å². The Hall–Kier alpha value is -2.85. The van der Waals surface area contributed by atoms with E-state index in [1.165, 1.54) is 31.2 Å². The number of aromatic nitrogens is 2. The van der Waals surface area contributed by atoms with Crippen molar-refractivity contribution in [1.29, 1.82) is 5.26 Å². The molecule has 1 aromatic carbocycles. The van der Waals surface area contributed by atoms with Gasteiger partial charge in [-0.3, -0.25) is 0 Å². The van der Waals surface area contributed by atoms with Gasteiger partial charge in [0, 0.05) is 26.2 Å². The monoisotopic (exact) mass is 392 g/mol. The second-order valence-corrected chi connectivity index (χ2v) is 7.69. The highest BCUT2D eigenvalue weighted by molar-refractivity contribution is 5.79. The molecule has 2 heterocycles. The molecule has 0 bridgehead atoms. The second-order valence-electron chi connectivity index (χ2n) is 7.69. The molecule has 4 rings (SSSR count). The highest BCUT2D eigenvalue weighted by Gasteiger charge is 2.24. The number of benzene rings is 1. The van der Waals surface area contributed by atoms with E-state index in [0.29, 0.717) is 19.1 Å². The predicted octanol–water partition coefficient (Wildman–Crippen LogP) is 3.40. The molecule has 152 valence electrons. The number of nitrogens with one attached hydrogen (secondary N) is 2. The Labute approximate surface area is 172 Å². The molecule has 0 radical (unpaired) electrons. The van der Waals surface area contributed by atoms with E-state index in [1.807, 2.05) is 18.2 Å². The molecule has 2 aromatic rings. The van der Waals surface area contributed by atoms with Crippen LogP contribution in [0.5, 0.6) is 0 Å². The molecule has 7 nitrogen and oxygen atoms in total. The normalized spacial score (nSPS) is 16.2. The Morgan fingerprint density at radius 3 is 2.83 bits per heavy atom. The van der Waals surface area contributed by atoms with E-state index < -0.39 is 0 Å². The van der Waals surface area contributed by atoms with Crippen molar-refractivity contribution in [2.24, 2.45) is 5.92 Å². The quantitative estimate of drug-likeness (QED) is 0.666. The number of hydrogen-bond acceptors (Lipinski definition) is 7. The van der Waals surface area contributed by atoms with Crippen LogP contribution in [0.1, 0.15) is 37.1 Å². The van der Waals surface area contributed by atoms with Gasteiger partial charge in [-0.15, -0.1) is 0 Å². The van der Waals surface area contributed by atoms with Crippen LogP contribution in [0.4, 0.5) is 17.3 Å². The third-order valence-corrected chi connectivity index (χ3v) is 5.62. The first-order valence-corrected chi connectivity index (χ1v) is 10.5. The second kappa shape index (κ2) is 9.57. The van der Waals surface area contributed by atoms with Crippen molar-refractivity contribution >= 4 is 17.3 Å². The lowest BCUT2D eigenvalue weighted by atomic mass is 10.1. The summed E-state index contributed by atoms with van der Waals surface area (Å²) in [5.41, 5.74) is 2.07. The number of rotatable bonds is 8. The van der Waals surface area contributed by atoms with Crippen LogP contribution in [-0.2, 0) is 11.3 Å². The molecule has 1 fully saturated rings. The lowest BCUT2D eigenvalue weighted by Gasteiger charge is -2.32. The molecule has 1 aliphatic carbocycles. The largest absolute Gasteiger partial charge is 0.377 e. The molecule has 1 aliphatic heterocycles. The topological polar surface area (TPSA) is 86.1 Å². The summed E-state index contributed by atoms with van der Waals surface area (Å²) in [4.78, 5) is 11.1. The number of fused-ring (bicyclic) bond motifs is 1. The maximum Gasteiger partial charge on any atom is 0.236 e. The molecule has 29 heavy (non-hydrogen) atoms. The van der Waals surface area contributed by atoms with Gasteiger partial charge in [0.1, 0.15) is 11.8 Å². The summed E-state index contributed by atoms with van der Waals surface area (Å²) >= 11 is 0. The van der Waals surface area contributed by atoms with Crippen molar-refractivity contribution in [1.82, 2.24) is 9.97 Å². The maximum atomic E-state index is 9.40. The van der Waals surface area contributed by atoms with E-state index in [9.17, 15) is 5.26 Å². The number of nitriles is 1. The van der Waals surface area contributed by atoms with Gasteiger partial charge in [-0.2, -0.15) is 15.2 Å². The lowest BCUT2D eigenvalue weighted by molar-refractivity contribution is 0.126. The van der Waals surface area contributed by atoms with Crippen LogP contribution < -0.4 is 15.5 Å². The van der Waals surface area contributed by atoms with E-state index in [4.69, 9.17) is 4.74 Å². The van der Waals surface area contributed by atoms with Gasteiger partial charge in [0.25, 0.3) is 0 Å². The van der Waals surface area contributed by atoms with E-state index in [2.05, 4.69) is 43.7 Å². The Kier molecular flexibility index (Phi) is 6.42. The Morgan fingerprint density at radius 1 is 1.21 bits per heavy atom. The lowest BCUT2D eigenvalue weighted by Crippen LogP contribution is -2.38. The zero-order chi connectivity index (χ0) is 19.9. The van der Waals surface area contributed by atoms with Crippen molar-refractivity contribution in [3.63, 3.8) is 0 Å². The van der Waals surface area contributed by atoms with Gasteiger partial charge >= 0.3 is 0 Å². The minimum absolute atomic E-state index is 0.205. The summed E-state index contributed by atoms with van der Waals surface area (Å²) in [6, 6.07) is 12.3. The maximum absolute atomic E-state index is 9.40. The molecular weight excluding hydrogens is 364 g/mol. The molecular formula is C22H28N6O. The van der Waals surface area contributed by atoms with E-state index in [-0.39, 0.29) is 5.82 Å². The Morgan fingerprint density at radius 2 is 2.03 bits per heavy atom. The molecule has 2 aliphatic rings. The molecule has 0 amide bonds. The minimum atomic E-state index is 0.205. The van der Waals surface area contributed by atoms with Crippen LogP contribution in [0.25, 0.3) is 0 Å². The van der Waals surface area contributed by atoms with Crippen LogP contribution in [-0.4, -0.2) is 42.8 Å². The van der Waals surface area contributed by atoms with Crippen molar-refractivity contribution < 1.29 is 4.74 Å². The van der Waals surface area contributed by atoms with Crippen molar-refractivity contribution in [2.75, 3.05) is 48.3 Å². The van der Waals surface area contributed by atoms with Crippen LogP contribution in [0.15, 0.2) is 30.3 Å². The van der Waals surface area contributed by atoms with Gasteiger partial charge in [0.15, 0.2) is 11.6 Å². The summed E-state index contributed by atoms with van der Waals surface area (Å²) in [6.07, 6.45) is 5.16. The average molecular weight is 393 g/mol. The smallest absolute Gasteiger partial charge is 0.236 e. The minimum Gasteiger partial charge on any atom is -0.377 e. The van der Waals surface area contributed by atoms with Crippen molar-refractivity contribution in [3.05, 3.63) is 41.7 Å². The third-order valence-electron chi connectivity index (χ3n) is 5.62. The summed E-state index contributed by atoms with van der Waals surface area (Å²) in [5.74, 6) is 2.43. The third kappa shape index (κ3) is 4.96. The van der Waals surface area contributed by atoms with Gasteiger partial charge in [-0.1, -0.05) is 43.2 Å². The van der Waals surface area contributed by atoms with Gasteiger partial charge in [-0.25, -0.2) is 0 Å². The summed E-state index contributed by atoms with van der Waals surface area (Å²) in [5, 5.41) is 16.3. The average Bonchev–Trinajstić information content (AvgIpc) is 3.29. The molecule has 1 saturated carbocycles. The first-order valence-electron chi connectivity index (χ1n) is 10.5. The van der Waals surface area contributed by atoms with E-state index in [1.54, 1.807) is 0 Å². The molecule has 0 unspecified atom stereocenters. The van der Waals surface area contributed by atoms with E-state index >= 15 is 0 Å². The summed E-state index contributed by atoms with van der Waals surface area (Å²) in [6.45, 7) is 4.47. The highest BCUT2D eigenvalue weighted by atomic mass is 16.5. The fourth-order valence-electron chi connectivity index (χ4n) is 4.05. The standard InChI is InChI=1S/C22H28N6O/c23-14-19-26-21(25-15-17-6-4-5-7-17)20-22(27-19)28(11-10-24-20)12-13-29-16-18-8-2-1-3-9-18/h1-3,8-9,17,24H,4-7,10-13,15-16H2,(H,25,26,27). The number of hydrogen-bond donors (Lipinski definition) is 2. The van der Waals surface area contributed by atoms with Gasteiger partial charge in [0.05, 0.1) is 13.2 Å². The van der Waals surface area contributed by atoms with Crippen LogP contribution in [0, 0.1) is 17.2 Å². The molecule has 0 saturated heterocycles. The Balaban J connectivity index is 1.41. The highest BCUT2D eigenvalue weighted by Crippen LogP contribution is 2.34. The zero-order valence-corrected chi connectivity index (χ0v) is 16.7. The molecule has 0 atom stereocenters. The van der Waals surface area contributed by atoms with Crippen molar-refractivity contribution in [2.45, 2.75) is 32.3 Å². The van der Waals surface area contributed by atoms with Crippen LogP contribution >= 0.6 is 0 Å². The predicted molar refractivity (Wildman–Crippen MR) is 114 cm³/mol. The zero-order valence-electron chi connectivity index (χ0n) is 16.7. The molecule has 2 N–H and O–H groups in total. The molecule has 7 heteroatoms. The van der Waals surface area contributed by atoms with E-state index in [0.717, 1.165) is 43.5 Å². The first kappa shape index (κ1) is 19.5. The van der Waals surface area contributed by atoms with Crippen molar-refractivity contribution in [3.8, 4) is 6.07 Å². The van der Waals surface area contributed by atoms with Crippen LogP contribution in [0.2, 0.25) is 0 Å². The first-order chi connectivity index (χ1) is 14.3. The number of nitrogens with zero attached hydrogens (tertiary/aromatic N) is 4. The fraction of sp³-hybridized carbons (Fsp3) is 0.500. The number of anilines is 3.